The molecule has 20 heavy (non-hydrogen) atoms. The van der Waals surface area contributed by atoms with Gasteiger partial charge < -0.3 is 5.73 Å². The number of nitrogens with two attached hydrogens (primary N) is 1. The summed E-state index contributed by atoms with van der Waals surface area (Å²) >= 11 is 3.53. The van der Waals surface area contributed by atoms with Gasteiger partial charge in [-0.2, -0.15) is 0 Å². The highest BCUT2D eigenvalue weighted by Gasteiger charge is 2.17. The molecule has 4 nitrogen and oxygen atoms in total. The molecule has 0 amide bonds. The van der Waals surface area contributed by atoms with Crippen molar-refractivity contribution < 1.29 is 0 Å². The lowest BCUT2D eigenvalue weighted by Crippen LogP contribution is -2.17. The number of para-hydroxylation sites is 1. The molecule has 5 heteroatoms. The zero-order chi connectivity index (χ0) is 13.9. The van der Waals surface area contributed by atoms with Crippen LogP contribution in [0.2, 0.25) is 0 Å². The van der Waals surface area contributed by atoms with Gasteiger partial charge >= 0.3 is 0 Å². The summed E-state index contributed by atoms with van der Waals surface area (Å²) in [5.41, 5.74) is 9.17. The molecule has 0 aliphatic heterocycles. The van der Waals surface area contributed by atoms with Gasteiger partial charge in [0, 0.05) is 4.47 Å². The molecular weight excluding hydrogens is 316 g/mol. The van der Waals surface area contributed by atoms with Crippen LogP contribution in [0.25, 0.3) is 5.69 Å². The lowest BCUT2D eigenvalue weighted by Gasteiger charge is -2.15. The topological polar surface area (TPSA) is 56.7 Å². The summed E-state index contributed by atoms with van der Waals surface area (Å²) in [5.74, 6) is 0. The second-order valence-corrected chi connectivity index (χ2v) is 5.26. The van der Waals surface area contributed by atoms with E-state index in [1.807, 2.05) is 54.6 Å². The first-order valence-corrected chi connectivity index (χ1v) is 7.02. The third-order valence-corrected chi connectivity index (χ3v) is 3.86. The maximum atomic E-state index is 6.37. The lowest BCUT2D eigenvalue weighted by molar-refractivity contribution is 0.718. The van der Waals surface area contributed by atoms with Gasteiger partial charge in [0.25, 0.3) is 0 Å². The monoisotopic (exact) mass is 328 g/mol. The lowest BCUT2D eigenvalue weighted by atomic mass is 10.1. The molecule has 0 saturated carbocycles. The van der Waals surface area contributed by atoms with Crippen LogP contribution >= 0.6 is 15.9 Å². The number of hydrogen-bond donors (Lipinski definition) is 1. The van der Waals surface area contributed by atoms with Crippen molar-refractivity contribution in [3.05, 3.63) is 76.5 Å². The third-order valence-electron chi connectivity index (χ3n) is 3.14. The van der Waals surface area contributed by atoms with Crippen LogP contribution in [-0.2, 0) is 0 Å². The fraction of sp³-hybridized carbons (Fsp3) is 0.0667. The largest absolute Gasteiger partial charge is 0.319 e. The molecule has 0 aliphatic carbocycles. The fourth-order valence-electron chi connectivity index (χ4n) is 2.11. The highest BCUT2D eigenvalue weighted by molar-refractivity contribution is 9.10. The van der Waals surface area contributed by atoms with E-state index in [0.717, 1.165) is 21.4 Å². The first kappa shape index (κ1) is 13.0. The number of halogens is 1. The van der Waals surface area contributed by atoms with E-state index in [4.69, 9.17) is 5.73 Å². The molecule has 1 atom stereocenters. The molecule has 2 aromatic carbocycles. The van der Waals surface area contributed by atoms with Crippen molar-refractivity contribution in [1.82, 2.24) is 15.0 Å². The predicted octanol–water partition coefficient (Wildman–Crippen LogP) is 3.08. The van der Waals surface area contributed by atoms with E-state index in [2.05, 4.69) is 26.2 Å². The Morgan fingerprint density at radius 3 is 2.45 bits per heavy atom. The number of aromatic nitrogens is 3. The Morgan fingerprint density at radius 2 is 1.70 bits per heavy atom. The Hall–Kier alpha value is -1.98. The van der Waals surface area contributed by atoms with Gasteiger partial charge in [-0.25, -0.2) is 4.68 Å². The number of benzene rings is 2. The Bertz CT molecular complexity index is 709. The van der Waals surface area contributed by atoms with Crippen LogP contribution in [0.15, 0.2) is 65.3 Å². The second kappa shape index (κ2) is 5.56. The molecular formula is C15H13BrN4. The van der Waals surface area contributed by atoms with E-state index in [1.165, 1.54) is 0 Å². The van der Waals surface area contributed by atoms with Gasteiger partial charge in [0.15, 0.2) is 0 Å². The molecule has 100 valence electrons. The smallest absolute Gasteiger partial charge is 0.0858 e. The first-order chi connectivity index (χ1) is 9.77. The van der Waals surface area contributed by atoms with E-state index in [-0.39, 0.29) is 6.04 Å². The van der Waals surface area contributed by atoms with Crippen LogP contribution in [0.1, 0.15) is 17.3 Å². The van der Waals surface area contributed by atoms with Gasteiger partial charge in [-0.05, 0) is 23.8 Å². The van der Waals surface area contributed by atoms with Crippen molar-refractivity contribution in [2.75, 3.05) is 0 Å². The molecule has 3 aromatic rings. The molecule has 0 bridgehead atoms. The Kier molecular flexibility index (Phi) is 3.62. The molecule has 0 fully saturated rings. The minimum Gasteiger partial charge on any atom is -0.319 e. The average molecular weight is 329 g/mol. The molecule has 0 saturated heterocycles. The van der Waals surface area contributed by atoms with E-state index in [0.29, 0.717) is 0 Å². The van der Waals surface area contributed by atoms with Gasteiger partial charge in [-0.1, -0.05) is 57.5 Å². The van der Waals surface area contributed by atoms with E-state index >= 15 is 0 Å². The van der Waals surface area contributed by atoms with Gasteiger partial charge in [-0.3, -0.25) is 0 Å². The normalized spacial score (nSPS) is 12.3. The average Bonchev–Trinajstić information content (AvgIpc) is 2.97. The summed E-state index contributed by atoms with van der Waals surface area (Å²) in [6.07, 6.45) is 1.71. The van der Waals surface area contributed by atoms with E-state index in [1.54, 1.807) is 10.9 Å². The summed E-state index contributed by atoms with van der Waals surface area (Å²) < 4.78 is 2.75. The summed E-state index contributed by atoms with van der Waals surface area (Å²) in [5, 5.41) is 8.13. The summed E-state index contributed by atoms with van der Waals surface area (Å²) in [6.45, 7) is 0. The zero-order valence-electron chi connectivity index (χ0n) is 10.6. The Morgan fingerprint density at radius 1 is 1.00 bits per heavy atom. The van der Waals surface area contributed by atoms with Gasteiger partial charge in [0.1, 0.15) is 0 Å². The standard InChI is InChI=1S/C15H13BrN4/c16-13-9-5-4-8-12(13)15(17)14-10-18-19-20(14)11-6-2-1-3-7-11/h1-10,15H,17H2. The van der Waals surface area contributed by atoms with Crippen molar-refractivity contribution in [3.63, 3.8) is 0 Å². The highest BCUT2D eigenvalue weighted by atomic mass is 79.9. The van der Waals surface area contributed by atoms with Crippen LogP contribution in [0.5, 0.6) is 0 Å². The maximum Gasteiger partial charge on any atom is 0.0858 e. The van der Waals surface area contributed by atoms with Crippen LogP contribution in [0, 0.1) is 0 Å². The number of hydrogen-bond acceptors (Lipinski definition) is 3. The molecule has 1 aromatic heterocycles. The van der Waals surface area contributed by atoms with Gasteiger partial charge in [0.05, 0.1) is 23.6 Å². The van der Waals surface area contributed by atoms with Crippen molar-refractivity contribution in [3.8, 4) is 5.69 Å². The molecule has 0 radical (unpaired) electrons. The predicted molar refractivity (Wildman–Crippen MR) is 81.5 cm³/mol. The van der Waals surface area contributed by atoms with Crippen LogP contribution in [0.4, 0.5) is 0 Å². The van der Waals surface area contributed by atoms with Crippen LogP contribution in [-0.4, -0.2) is 15.0 Å². The maximum absolute atomic E-state index is 6.37. The van der Waals surface area contributed by atoms with E-state index < -0.39 is 0 Å². The van der Waals surface area contributed by atoms with Crippen LogP contribution < -0.4 is 5.73 Å². The fourth-order valence-corrected chi connectivity index (χ4v) is 2.64. The second-order valence-electron chi connectivity index (χ2n) is 4.41. The first-order valence-electron chi connectivity index (χ1n) is 6.23. The quantitative estimate of drug-likeness (QED) is 0.803. The summed E-state index contributed by atoms with van der Waals surface area (Å²) in [6, 6.07) is 17.5. The van der Waals surface area contributed by atoms with Crippen molar-refractivity contribution in [1.29, 1.82) is 0 Å². The van der Waals surface area contributed by atoms with Gasteiger partial charge in [0.2, 0.25) is 0 Å². The van der Waals surface area contributed by atoms with Crippen molar-refractivity contribution in [2.45, 2.75) is 6.04 Å². The molecule has 0 spiro atoms. The minimum atomic E-state index is -0.291. The summed E-state index contributed by atoms with van der Waals surface area (Å²) in [4.78, 5) is 0. The molecule has 1 heterocycles. The van der Waals surface area contributed by atoms with Gasteiger partial charge in [-0.15, -0.1) is 5.10 Å². The Balaban J connectivity index is 2.04. The van der Waals surface area contributed by atoms with Crippen molar-refractivity contribution in [2.24, 2.45) is 5.73 Å². The minimum absolute atomic E-state index is 0.291. The highest BCUT2D eigenvalue weighted by Crippen LogP contribution is 2.27. The Labute approximate surface area is 125 Å². The van der Waals surface area contributed by atoms with Crippen LogP contribution in [0.3, 0.4) is 0 Å². The molecule has 2 N–H and O–H groups in total. The summed E-state index contributed by atoms with van der Waals surface area (Å²) in [7, 11) is 0. The number of nitrogens with zero attached hydrogens (tertiary/aromatic N) is 3. The number of rotatable bonds is 3. The van der Waals surface area contributed by atoms with Crippen molar-refractivity contribution >= 4 is 15.9 Å². The molecule has 3 rings (SSSR count). The third kappa shape index (κ3) is 2.37. The molecule has 0 aliphatic rings. The zero-order valence-corrected chi connectivity index (χ0v) is 12.2. The van der Waals surface area contributed by atoms with E-state index in [9.17, 15) is 0 Å². The SMILES string of the molecule is NC(c1ccccc1Br)c1cnnn1-c1ccccc1. The molecule has 1 unspecified atom stereocenters.